The van der Waals surface area contributed by atoms with Gasteiger partial charge in [-0.1, -0.05) is 33.7 Å². The van der Waals surface area contributed by atoms with Crippen LogP contribution in [0.2, 0.25) is 0 Å². The number of benzene rings is 2. The lowest BCUT2D eigenvalue weighted by Gasteiger charge is -2.06. The summed E-state index contributed by atoms with van der Waals surface area (Å²) >= 11 is 0. The van der Waals surface area contributed by atoms with Crippen molar-refractivity contribution < 1.29 is 28.7 Å². The van der Waals surface area contributed by atoms with Gasteiger partial charge in [-0.05, 0) is 24.3 Å². The largest absolute Gasteiger partial charge is 0.386 e. The van der Waals surface area contributed by atoms with Gasteiger partial charge in [0.05, 0.1) is 22.3 Å². The first kappa shape index (κ1) is 15.0. The number of carbonyl (C=O) groups is 4. The molecule has 0 N–H and O–H groups in total. The molecule has 8 heteroatoms. The van der Waals surface area contributed by atoms with E-state index in [2.05, 4.69) is 9.47 Å². The summed E-state index contributed by atoms with van der Waals surface area (Å²) in [5.41, 5.74) is 0.870. The first-order chi connectivity index (χ1) is 11.6. The number of carbonyl (C=O) groups excluding carboxylic acids is 4. The molecule has 2 aromatic rings. The molecule has 0 unspecified atom stereocenters. The van der Waals surface area contributed by atoms with Crippen LogP contribution in [0.25, 0.3) is 0 Å². The summed E-state index contributed by atoms with van der Waals surface area (Å²) in [5.74, 6) is -2.72. The highest BCUT2D eigenvalue weighted by molar-refractivity contribution is 8.76. The molecule has 0 saturated heterocycles. The Hall–Kier alpha value is -2.58. The van der Waals surface area contributed by atoms with Crippen molar-refractivity contribution in [3.05, 3.63) is 58.7 Å². The molecule has 0 aromatic heterocycles. The van der Waals surface area contributed by atoms with Crippen molar-refractivity contribution >= 4 is 45.5 Å². The molecule has 118 valence electrons. The molecular weight excluding hydrogens is 352 g/mol. The number of ether oxygens (including phenoxy) is 2. The molecule has 0 saturated carbocycles. The number of hydrogen-bond donors (Lipinski definition) is 0. The lowest BCUT2D eigenvalue weighted by Crippen LogP contribution is -1.98. The molecule has 2 aromatic carbocycles. The van der Waals surface area contributed by atoms with E-state index in [1.54, 1.807) is 24.3 Å². The molecule has 0 amide bonds. The van der Waals surface area contributed by atoms with Gasteiger partial charge in [-0.2, -0.15) is 0 Å². The highest BCUT2D eigenvalue weighted by Gasteiger charge is 2.34. The van der Waals surface area contributed by atoms with Gasteiger partial charge in [0.1, 0.15) is 0 Å². The Balaban J connectivity index is 1.67. The van der Waals surface area contributed by atoms with Crippen molar-refractivity contribution in [2.45, 2.75) is 9.79 Å². The molecule has 0 aliphatic carbocycles. The Morgan fingerprint density at radius 2 is 1.00 bits per heavy atom. The average molecular weight is 358 g/mol. The van der Waals surface area contributed by atoms with Gasteiger partial charge in [0.15, 0.2) is 0 Å². The van der Waals surface area contributed by atoms with Gasteiger partial charge < -0.3 is 9.47 Å². The maximum Gasteiger partial charge on any atom is 0.348 e. The molecule has 2 heterocycles. The van der Waals surface area contributed by atoms with Gasteiger partial charge in [-0.15, -0.1) is 0 Å². The molecule has 24 heavy (non-hydrogen) atoms. The fourth-order valence-electron chi connectivity index (χ4n) is 2.43. The van der Waals surface area contributed by atoms with E-state index in [0.29, 0.717) is 9.79 Å². The SMILES string of the molecule is O=C1OC(=O)c2c(SSc3cccc4c3C(=O)OC4=O)cccc21. The van der Waals surface area contributed by atoms with E-state index >= 15 is 0 Å². The van der Waals surface area contributed by atoms with Gasteiger partial charge in [0.2, 0.25) is 0 Å². The van der Waals surface area contributed by atoms with Crippen LogP contribution in [0.15, 0.2) is 46.2 Å². The molecular formula is C16H6O6S2. The van der Waals surface area contributed by atoms with Crippen molar-refractivity contribution in [2.24, 2.45) is 0 Å². The van der Waals surface area contributed by atoms with E-state index in [1.807, 2.05) is 0 Å². The second-order valence-electron chi connectivity index (χ2n) is 4.88. The third-order valence-electron chi connectivity index (χ3n) is 3.49. The molecule has 0 atom stereocenters. The van der Waals surface area contributed by atoms with Crippen molar-refractivity contribution in [1.29, 1.82) is 0 Å². The fourth-order valence-corrected chi connectivity index (χ4v) is 4.81. The second-order valence-corrected chi connectivity index (χ2v) is 7.09. The Morgan fingerprint density at radius 1 is 0.583 bits per heavy atom. The molecule has 6 nitrogen and oxygen atoms in total. The summed E-state index contributed by atoms with van der Waals surface area (Å²) in [6.45, 7) is 0. The topological polar surface area (TPSA) is 86.7 Å². The summed E-state index contributed by atoms with van der Waals surface area (Å²) in [7, 11) is 2.40. The lowest BCUT2D eigenvalue weighted by molar-refractivity contribution is 0.0424. The number of rotatable bonds is 3. The minimum atomic E-state index is -0.688. The smallest absolute Gasteiger partial charge is 0.348 e. The Kier molecular flexibility index (Phi) is 3.43. The van der Waals surface area contributed by atoms with Crippen LogP contribution in [0, 0.1) is 0 Å². The normalized spacial score (nSPS) is 15.2. The van der Waals surface area contributed by atoms with Crippen molar-refractivity contribution in [1.82, 2.24) is 0 Å². The van der Waals surface area contributed by atoms with E-state index in [-0.39, 0.29) is 22.3 Å². The Morgan fingerprint density at radius 3 is 1.42 bits per heavy atom. The standard InChI is InChI=1S/C16H6O6S2/c17-13-7-3-1-5-9(11(7)15(19)21-13)23-24-10-6-2-4-8-12(10)16(20)22-14(8)18/h1-6H. The molecule has 2 aliphatic rings. The average Bonchev–Trinajstić information content (AvgIpc) is 3.03. The van der Waals surface area contributed by atoms with Gasteiger partial charge >= 0.3 is 23.9 Å². The van der Waals surface area contributed by atoms with Gasteiger partial charge in [0, 0.05) is 9.79 Å². The van der Waals surface area contributed by atoms with Gasteiger partial charge in [0.25, 0.3) is 0 Å². The summed E-state index contributed by atoms with van der Waals surface area (Å²) < 4.78 is 9.22. The zero-order chi connectivity index (χ0) is 16.8. The van der Waals surface area contributed by atoms with Crippen LogP contribution in [0.5, 0.6) is 0 Å². The van der Waals surface area contributed by atoms with E-state index < -0.39 is 23.9 Å². The number of cyclic esters (lactones) is 4. The second kappa shape index (κ2) is 5.50. The number of esters is 4. The van der Waals surface area contributed by atoms with Crippen molar-refractivity contribution in [3.63, 3.8) is 0 Å². The van der Waals surface area contributed by atoms with Crippen LogP contribution in [-0.2, 0) is 9.47 Å². The lowest BCUT2D eigenvalue weighted by atomic mass is 10.1. The molecule has 4 rings (SSSR count). The van der Waals surface area contributed by atoms with E-state index in [0.717, 1.165) is 0 Å². The Labute approximate surface area is 142 Å². The quantitative estimate of drug-likeness (QED) is 0.470. The van der Waals surface area contributed by atoms with Gasteiger partial charge in [-0.25, -0.2) is 19.2 Å². The minimum Gasteiger partial charge on any atom is -0.386 e. The number of hydrogen-bond acceptors (Lipinski definition) is 8. The van der Waals surface area contributed by atoms with Gasteiger partial charge in [-0.3, -0.25) is 0 Å². The van der Waals surface area contributed by atoms with Crippen molar-refractivity contribution in [2.75, 3.05) is 0 Å². The predicted molar refractivity (Wildman–Crippen MR) is 84.1 cm³/mol. The molecule has 2 aliphatic heterocycles. The predicted octanol–water partition coefficient (Wildman–Crippen LogP) is 3.11. The number of fused-ring (bicyclic) bond motifs is 2. The van der Waals surface area contributed by atoms with Crippen LogP contribution in [0.3, 0.4) is 0 Å². The zero-order valence-electron chi connectivity index (χ0n) is 11.7. The van der Waals surface area contributed by atoms with E-state index in [9.17, 15) is 19.2 Å². The Bertz CT molecular complexity index is 872. The van der Waals surface area contributed by atoms with Crippen LogP contribution in [0.1, 0.15) is 41.4 Å². The summed E-state index contributed by atoms with van der Waals surface area (Å²) in [6.07, 6.45) is 0. The highest BCUT2D eigenvalue weighted by Crippen LogP contribution is 2.44. The molecule has 0 fully saturated rings. The molecule has 0 spiro atoms. The maximum atomic E-state index is 11.8. The van der Waals surface area contributed by atoms with Crippen LogP contribution in [0.4, 0.5) is 0 Å². The summed E-state index contributed by atoms with van der Waals surface area (Å²) in [6, 6.07) is 9.71. The summed E-state index contributed by atoms with van der Waals surface area (Å²) in [5, 5.41) is 0. The van der Waals surface area contributed by atoms with Crippen LogP contribution < -0.4 is 0 Å². The van der Waals surface area contributed by atoms with E-state index in [4.69, 9.17) is 0 Å². The third-order valence-corrected chi connectivity index (χ3v) is 5.94. The first-order valence-electron chi connectivity index (χ1n) is 6.70. The van der Waals surface area contributed by atoms with Crippen LogP contribution >= 0.6 is 21.6 Å². The monoisotopic (exact) mass is 358 g/mol. The maximum absolute atomic E-state index is 11.8. The van der Waals surface area contributed by atoms with E-state index in [1.165, 1.54) is 33.7 Å². The zero-order valence-corrected chi connectivity index (χ0v) is 13.4. The molecule has 0 radical (unpaired) electrons. The molecule has 0 bridgehead atoms. The first-order valence-corrected chi connectivity index (χ1v) is 8.85. The minimum absolute atomic E-state index is 0.214. The van der Waals surface area contributed by atoms with Crippen molar-refractivity contribution in [3.8, 4) is 0 Å². The highest BCUT2D eigenvalue weighted by atomic mass is 33.1. The third kappa shape index (κ3) is 2.22. The summed E-state index contributed by atoms with van der Waals surface area (Å²) in [4.78, 5) is 47.9. The van der Waals surface area contributed by atoms with Crippen LogP contribution in [-0.4, -0.2) is 23.9 Å². The fraction of sp³-hybridized carbons (Fsp3) is 0.